The lowest BCUT2D eigenvalue weighted by Gasteiger charge is -2.15. The summed E-state index contributed by atoms with van der Waals surface area (Å²) < 4.78 is 5.42. The van der Waals surface area contributed by atoms with Gasteiger partial charge in [-0.15, -0.1) is 0 Å². The molecule has 132 valence electrons. The second-order valence-corrected chi connectivity index (χ2v) is 5.61. The average Bonchev–Trinajstić information content (AvgIpc) is 2.61. The molecule has 2 aromatic carbocycles. The molecule has 0 fully saturated rings. The van der Waals surface area contributed by atoms with E-state index in [0.29, 0.717) is 18.7 Å². The fourth-order valence-corrected chi connectivity index (χ4v) is 2.35. The highest BCUT2D eigenvalue weighted by molar-refractivity contribution is 5.94. The number of carbonyl (C=O) groups is 2. The molecule has 2 aromatic rings. The van der Waals surface area contributed by atoms with Gasteiger partial charge in [-0.05, 0) is 49.2 Å². The lowest BCUT2D eigenvalue weighted by atomic mass is 10.1. The van der Waals surface area contributed by atoms with E-state index in [4.69, 9.17) is 10.5 Å². The Bertz CT molecular complexity index is 712. The Morgan fingerprint density at radius 3 is 2.28 bits per heavy atom. The number of benzene rings is 2. The first-order valence-corrected chi connectivity index (χ1v) is 8.15. The van der Waals surface area contributed by atoms with Crippen molar-refractivity contribution in [3.63, 3.8) is 0 Å². The summed E-state index contributed by atoms with van der Waals surface area (Å²) in [5, 5.41) is 5.47. The Labute approximate surface area is 147 Å². The molecule has 0 saturated carbocycles. The summed E-state index contributed by atoms with van der Waals surface area (Å²) in [6.45, 7) is 4.82. The molecule has 0 heterocycles. The van der Waals surface area contributed by atoms with Gasteiger partial charge in [0.2, 0.25) is 0 Å². The van der Waals surface area contributed by atoms with Gasteiger partial charge >= 0.3 is 6.03 Å². The summed E-state index contributed by atoms with van der Waals surface area (Å²) in [6.07, 6.45) is 0. The first-order valence-electron chi connectivity index (χ1n) is 8.15. The number of nitrogens with one attached hydrogen (secondary N) is 2. The maximum absolute atomic E-state index is 12.3. The molecule has 0 radical (unpaired) electrons. The van der Waals surface area contributed by atoms with Gasteiger partial charge in [-0.1, -0.05) is 24.3 Å². The fourth-order valence-electron chi connectivity index (χ4n) is 2.35. The molecule has 1 unspecified atom stereocenters. The molecule has 6 nitrogen and oxygen atoms in total. The lowest BCUT2D eigenvalue weighted by Crippen LogP contribution is -2.28. The van der Waals surface area contributed by atoms with Crippen molar-refractivity contribution in [3.8, 4) is 5.75 Å². The van der Waals surface area contributed by atoms with Crippen LogP contribution in [-0.2, 0) is 6.54 Å². The number of nitrogens with two attached hydrogens (primary N) is 1. The third kappa shape index (κ3) is 5.53. The quantitative estimate of drug-likeness (QED) is 0.723. The zero-order chi connectivity index (χ0) is 18.2. The van der Waals surface area contributed by atoms with Gasteiger partial charge in [-0.2, -0.15) is 0 Å². The van der Waals surface area contributed by atoms with Crippen LogP contribution in [0.3, 0.4) is 0 Å². The van der Waals surface area contributed by atoms with Crippen molar-refractivity contribution in [1.29, 1.82) is 0 Å². The van der Waals surface area contributed by atoms with Crippen LogP contribution in [0.15, 0.2) is 48.5 Å². The molecule has 0 saturated heterocycles. The maximum atomic E-state index is 12.3. The highest BCUT2D eigenvalue weighted by Crippen LogP contribution is 2.18. The van der Waals surface area contributed by atoms with Crippen molar-refractivity contribution in [3.05, 3.63) is 65.2 Å². The SMILES string of the molecule is CCOc1ccc(C(C)NC(=O)c2ccc(CNC(N)=O)cc2)cc1. The molecule has 0 aliphatic carbocycles. The van der Waals surface area contributed by atoms with E-state index < -0.39 is 6.03 Å². The zero-order valence-corrected chi connectivity index (χ0v) is 14.4. The van der Waals surface area contributed by atoms with Crippen molar-refractivity contribution < 1.29 is 14.3 Å². The molecule has 4 N–H and O–H groups in total. The van der Waals surface area contributed by atoms with Crippen molar-refractivity contribution in [2.45, 2.75) is 26.4 Å². The number of hydrogen-bond acceptors (Lipinski definition) is 3. The number of carbonyl (C=O) groups excluding carboxylic acids is 2. The third-order valence-electron chi connectivity index (χ3n) is 3.72. The monoisotopic (exact) mass is 341 g/mol. The van der Waals surface area contributed by atoms with Gasteiger partial charge in [0.15, 0.2) is 0 Å². The normalized spacial score (nSPS) is 11.4. The summed E-state index contributed by atoms with van der Waals surface area (Å²) in [7, 11) is 0. The van der Waals surface area contributed by atoms with E-state index in [9.17, 15) is 9.59 Å². The average molecular weight is 341 g/mol. The van der Waals surface area contributed by atoms with Crippen LogP contribution < -0.4 is 21.1 Å². The Morgan fingerprint density at radius 2 is 1.72 bits per heavy atom. The number of primary amides is 1. The molecule has 0 aliphatic rings. The van der Waals surface area contributed by atoms with E-state index in [1.54, 1.807) is 24.3 Å². The zero-order valence-electron chi connectivity index (χ0n) is 14.4. The van der Waals surface area contributed by atoms with Gasteiger partial charge in [0.1, 0.15) is 5.75 Å². The van der Waals surface area contributed by atoms with E-state index >= 15 is 0 Å². The highest BCUT2D eigenvalue weighted by Gasteiger charge is 2.11. The molecule has 0 bridgehead atoms. The van der Waals surface area contributed by atoms with Gasteiger partial charge in [0.05, 0.1) is 12.6 Å². The van der Waals surface area contributed by atoms with Crippen molar-refractivity contribution >= 4 is 11.9 Å². The van der Waals surface area contributed by atoms with Gasteiger partial charge < -0.3 is 21.1 Å². The molecule has 2 rings (SSSR count). The maximum Gasteiger partial charge on any atom is 0.312 e. The highest BCUT2D eigenvalue weighted by atomic mass is 16.5. The second-order valence-electron chi connectivity index (χ2n) is 5.61. The van der Waals surface area contributed by atoms with Crippen molar-refractivity contribution in [2.24, 2.45) is 5.73 Å². The standard InChI is InChI=1S/C19H23N3O3/c1-3-25-17-10-8-15(9-11-17)13(2)22-18(23)16-6-4-14(5-7-16)12-21-19(20)24/h4-11,13H,3,12H2,1-2H3,(H,22,23)(H3,20,21,24). The smallest absolute Gasteiger partial charge is 0.312 e. The first kappa shape index (κ1) is 18.3. The largest absolute Gasteiger partial charge is 0.494 e. The summed E-state index contributed by atoms with van der Waals surface area (Å²) in [5.41, 5.74) is 7.46. The molecule has 1 atom stereocenters. The van der Waals surface area contributed by atoms with Crippen molar-refractivity contribution in [2.75, 3.05) is 6.61 Å². The van der Waals surface area contributed by atoms with Gasteiger partial charge in [-0.25, -0.2) is 4.79 Å². The third-order valence-corrected chi connectivity index (χ3v) is 3.72. The Kier molecular flexibility index (Phi) is 6.39. The number of urea groups is 1. The molecule has 3 amide bonds. The van der Waals surface area contributed by atoms with E-state index in [-0.39, 0.29) is 11.9 Å². The van der Waals surface area contributed by atoms with Crippen LogP contribution in [-0.4, -0.2) is 18.5 Å². The molecule has 25 heavy (non-hydrogen) atoms. The Balaban J connectivity index is 1.94. The molecular formula is C19H23N3O3. The molecule has 0 aromatic heterocycles. The van der Waals surface area contributed by atoms with Gasteiger partial charge in [0, 0.05) is 12.1 Å². The number of ether oxygens (including phenoxy) is 1. The molecular weight excluding hydrogens is 318 g/mol. The minimum absolute atomic E-state index is 0.126. The Morgan fingerprint density at radius 1 is 1.08 bits per heavy atom. The van der Waals surface area contributed by atoms with E-state index in [2.05, 4.69) is 10.6 Å². The lowest BCUT2D eigenvalue weighted by molar-refractivity contribution is 0.0940. The fraction of sp³-hybridized carbons (Fsp3) is 0.263. The second kappa shape index (κ2) is 8.73. The van der Waals surface area contributed by atoms with Crippen LogP contribution >= 0.6 is 0 Å². The predicted molar refractivity (Wildman–Crippen MR) is 96.4 cm³/mol. The van der Waals surface area contributed by atoms with Gasteiger partial charge in [0.25, 0.3) is 5.91 Å². The minimum Gasteiger partial charge on any atom is -0.494 e. The summed E-state index contributed by atoms with van der Waals surface area (Å²) in [6, 6.07) is 14.0. The van der Waals surface area contributed by atoms with Crippen LogP contribution in [0.2, 0.25) is 0 Å². The van der Waals surface area contributed by atoms with E-state index in [1.165, 1.54) is 0 Å². The number of rotatable bonds is 7. The van der Waals surface area contributed by atoms with Crippen LogP contribution in [0.1, 0.15) is 41.4 Å². The topological polar surface area (TPSA) is 93.4 Å². The molecule has 0 aliphatic heterocycles. The van der Waals surface area contributed by atoms with Crippen LogP contribution in [0, 0.1) is 0 Å². The molecule has 6 heteroatoms. The Hall–Kier alpha value is -3.02. The summed E-state index contributed by atoms with van der Waals surface area (Å²) in [5.74, 6) is 0.653. The predicted octanol–water partition coefficient (Wildman–Crippen LogP) is 2.74. The van der Waals surface area contributed by atoms with Crippen LogP contribution in [0.4, 0.5) is 4.79 Å². The van der Waals surface area contributed by atoms with E-state index in [1.807, 2.05) is 38.1 Å². The summed E-state index contributed by atoms with van der Waals surface area (Å²) >= 11 is 0. The molecule has 0 spiro atoms. The summed E-state index contributed by atoms with van der Waals surface area (Å²) in [4.78, 5) is 23.1. The number of hydrogen-bond donors (Lipinski definition) is 3. The number of amides is 3. The van der Waals surface area contributed by atoms with Crippen LogP contribution in [0.5, 0.6) is 5.75 Å². The van der Waals surface area contributed by atoms with Gasteiger partial charge in [-0.3, -0.25) is 4.79 Å². The first-order chi connectivity index (χ1) is 12.0. The van der Waals surface area contributed by atoms with E-state index in [0.717, 1.165) is 16.9 Å². The minimum atomic E-state index is -0.578. The van der Waals surface area contributed by atoms with Crippen molar-refractivity contribution in [1.82, 2.24) is 10.6 Å². The van der Waals surface area contributed by atoms with Crippen LogP contribution in [0.25, 0.3) is 0 Å².